The lowest BCUT2D eigenvalue weighted by Crippen LogP contribution is -2.45. The van der Waals surface area contributed by atoms with Crippen LogP contribution in [0.15, 0.2) is 16.6 Å². The molecule has 0 radical (unpaired) electrons. The van der Waals surface area contributed by atoms with E-state index >= 15 is 0 Å². The molecule has 0 bridgehead atoms. The molecule has 0 aliphatic carbocycles. The molecule has 1 N–H and O–H groups in total. The van der Waals surface area contributed by atoms with E-state index in [0.29, 0.717) is 24.6 Å². The molecular formula is C16H24BrCl2F3N2O2. The molecule has 1 aromatic carbocycles. The molecule has 4 nitrogen and oxygen atoms in total. The van der Waals surface area contributed by atoms with Crippen molar-refractivity contribution in [1.29, 1.82) is 0 Å². The summed E-state index contributed by atoms with van der Waals surface area (Å²) in [6.45, 7) is 2.97. The predicted molar refractivity (Wildman–Crippen MR) is 104 cm³/mol. The number of nitrogens with zero attached hydrogens (tertiary/aromatic N) is 1. The fourth-order valence-corrected chi connectivity index (χ4v) is 3.54. The molecule has 0 unspecified atom stereocenters. The van der Waals surface area contributed by atoms with E-state index in [1.807, 2.05) is 0 Å². The van der Waals surface area contributed by atoms with Crippen LogP contribution in [0.1, 0.15) is 24.4 Å². The second-order valence-electron chi connectivity index (χ2n) is 5.68. The number of methoxy groups -OCH3 is 2. The number of hydrogen-bond acceptors (Lipinski definition) is 4. The van der Waals surface area contributed by atoms with E-state index in [2.05, 4.69) is 26.1 Å². The molecule has 1 heterocycles. The number of piperazine rings is 1. The standard InChI is InChI=1S/C16H22BrF3N2O2.2ClH/c1-23-14-9-11(12(17)10-15(14)24-2)13(3-4-16(18,19)20)22-7-5-21-6-8-22;;/h9-10,13,21H,3-8H2,1-2H3;2*1H/t13-;;/m1../s1. The Morgan fingerprint density at radius 2 is 1.65 bits per heavy atom. The third kappa shape index (κ3) is 6.96. The fraction of sp³-hybridized carbons (Fsp3) is 0.625. The van der Waals surface area contributed by atoms with Crippen LogP contribution in [0.5, 0.6) is 11.5 Å². The van der Waals surface area contributed by atoms with E-state index in [1.165, 1.54) is 14.2 Å². The van der Waals surface area contributed by atoms with Crippen LogP contribution >= 0.6 is 40.7 Å². The van der Waals surface area contributed by atoms with E-state index < -0.39 is 12.6 Å². The van der Waals surface area contributed by atoms with Gasteiger partial charge < -0.3 is 14.8 Å². The van der Waals surface area contributed by atoms with Gasteiger partial charge in [-0.05, 0) is 24.1 Å². The van der Waals surface area contributed by atoms with E-state index in [-0.39, 0.29) is 37.3 Å². The van der Waals surface area contributed by atoms with Gasteiger partial charge in [-0.15, -0.1) is 24.8 Å². The van der Waals surface area contributed by atoms with Gasteiger partial charge in [0.25, 0.3) is 0 Å². The van der Waals surface area contributed by atoms with Crippen LogP contribution in [-0.4, -0.2) is 51.5 Å². The molecule has 1 fully saturated rings. The number of alkyl halides is 3. The summed E-state index contributed by atoms with van der Waals surface area (Å²) < 4.78 is 49.6. The molecule has 10 heteroatoms. The minimum absolute atomic E-state index is 0. The van der Waals surface area contributed by atoms with Crippen molar-refractivity contribution >= 4 is 40.7 Å². The van der Waals surface area contributed by atoms with Gasteiger partial charge >= 0.3 is 6.18 Å². The minimum Gasteiger partial charge on any atom is -0.493 e. The van der Waals surface area contributed by atoms with Gasteiger partial charge in [-0.2, -0.15) is 13.2 Å². The van der Waals surface area contributed by atoms with Crippen LogP contribution in [-0.2, 0) is 0 Å². The molecule has 1 aromatic rings. The maximum atomic E-state index is 12.8. The van der Waals surface area contributed by atoms with Gasteiger partial charge in [-0.3, -0.25) is 4.90 Å². The molecule has 0 amide bonds. The van der Waals surface area contributed by atoms with Gasteiger partial charge in [0.15, 0.2) is 11.5 Å². The quantitative estimate of drug-likeness (QED) is 0.641. The molecule has 1 atom stereocenters. The van der Waals surface area contributed by atoms with E-state index in [9.17, 15) is 13.2 Å². The third-order valence-corrected chi connectivity index (χ3v) is 4.84. The van der Waals surface area contributed by atoms with Crippen molar-refractivity contribution in [1.82, 2.24) is 10.2 Å². The average molecular weight is 484 g/mol. The zero-order valence-electron chi connectivity index (χ0n) is 14.6. The Bertz CT molecular complexity index is 559. The Morgan fingerprint density at radius 1 is 1.12 bits per heavy atom. The molecule has 0 spiro atoms. The highest BCUT2D eigenvalue weighted by Crippen LogP contribution is 2.40. The van der Waals surface area contributed by atoms with Gasteiger partial charge in [-0.1, -0.05) is 15.9 Å². The molecule has 0 saturated carbocycles. The van der Waals surface area contributed by atoms with Crippen molar-refractivity contribution in [3.05, 3.63) is 22.2 Å². The number of rotatable bonds is 6. The van der Waals surface area contributed by atoms with Gasteiger partial charge in [-0.25, -0.2) is 0 Å². The Kier molecular flexibility index (Phi) is 11.3. The largest absolute Gasteiger partial charge is 0.493 e. The summed E-state index contributed by atoms with van der Waals surface area (Å²) in [7, 11) is 3.05. The molecule has 1 aliphatic heterocycles. The predicted octanol–water partition coefficient (Wildman–Crippen LogP) is 4.60. The summed E-state index contributed by atoms with van der Waals surface area (Å²) in [4.78, 5) is 2.09. The number of benzene rings is 1. The number of ether oxygens (including phenoxy) is 2. The van der Waals surface area contributed by atoms with Gasteiger partial charge in [0.2, 0.25) is 0 Å². The summed E-state index contributed by atoms with van der Waals surface area (Å²) in [6.07, 6.45) is -4.98. The highest BCUT2D eigenvalue weighted by atomic mass is 79.9. The van der Waals surface area contributed by atoms with Crippen LogP contribution in [0, 0.1) is 0 Å². The van der Waals surface area contributed by atoms with Crippen molar-refractivity contribution in [3.8, 4) is 11.5 Å². The molecule has 2 rings (SSSR count). The van der Waals surface area contributed by atoms with Crippen molar-refractivity contribution in [2.75, 3.05) is 40.4 Å². The summed E-state index contributed by atoms with van der Waals surface area (Å²) in [5, 5.41) is 3.23. The van der Waals surface area contributed by atoms with E-state index in [1.54, 1.807) is 12.1 Å². The van der Waals surface area contributed by atoms with Crippen LogP contribution in [0.2, 0.25) is 0 Å². The van der Waals surface area contributed by atoms with Gasteiger partial charge in [0, 0.05) is 43.1 Å². The first-order chi connectivity index (χ1) is 11.4. The average Bonchev–Trinajstić information content (AvgIpc) is 2.55. The lowest BCUT2D eigenvalue weighted by atomic mass is 9.98. The molecule has 0 aromatic heterocycles. The molecule has 1 aliphatic rings. The summed E-state index contributed by atoms with van der Waals surface area (Å²) in [6, 6.07) is 3.19. The van der Waals surface area contributed by atoms with Crippen LogP contribution < -0.4 is 14.8 Å². The second-order valence-corrected chi connectivity index (χ2v) is 6.54. The first-order valence-corrected chi connectivity index (χ1v) is 8.58. The van der Waals surface area contributed by atoms with Crippen molar-refractivity contribution in [2.45, 2.75) is 25.1 Å². The van der Waals surface area contributed by atoms with E-state index in [4.69, 9.17) is 9.47 Å². The Labute approximate surface area is 172 Å². The highest BCUT2D eigenvalue weighted by Gasteiger charge is 2.32. The normalized spacial score (nSPS) is 16.2. The maximum absolute atomic E-state index is 12.8. The molecule has 1 saturated heterocycles. The van der Waals surface area contributed by atoms with Crippen LogP contribution in [0.25, 0.3) is 0 Å². The molecular weight excluding hydrogens is 460 g/mol. The fourth-order valence-electron chi connectivity index (χ4n) is 2.95. The van der Waals surface area contributed by atoms with Gasteiger partial charge in [0.05, 0.1) is 14.2 Å². The van der Waals surface area contributed by atoms with Crippen molar-refractivity contribution < 1.29 is 22.6 Å². The SMILES string of the molecule is COc1cc(Br)c([C@@H](CCC(F)(F)F)N2CCNCC2)cc1OC.Cl.Cl. The van der Waals surface area contributed by atoms with Crippen LogP contribution in [0.3, 0.4) is 0 Å². The smallest absolute Gasteiger partial charge is 0.389 e. The van der Waals surface area contributed by atoms with E-state index in [0.717, 1.165) is 23.1 Å². The first-order valence-electron chi connectivity index (χ1n) is 7.78. The third-order valence-electron chi connectivity index (χ3n) is 4.16. The number of hydrogen-bond donors (Lipinski definition) is 1. The monoisotopic (exact) mass is 482 g/mol. The molecule has 26 heavy (non-hydrogen) atoms. The number of halogens is 6. The molecule has 152 valence electrons. The van der Waals surface area contributed by atoms with Crippen LogP contribution in [0.4, 0.5) is 13.2 Å². The van der Waals surface area contributed by atoms with Gasteiger partial charge in [0.1, 0.15) is 0 Å². The summed E-state index contributed by atoms with van der Waals surface area (Å²) in [5.74, 6) is 1.06. The lowest BCUT2D eigenvalue weighted by Gasteiger charge is -2.36. The number of nitrogens with one attached hydrogen (secondary N) is 1. The zero-order chi connectivity index (χ0) is 17.7. The Morgan fingerprint density at radius 3 is 2.15 bits per heavy atom. The zero-order valence-corrected chi connectivity index (χ0v) is 17.8. The van der Waals surface area contributed by atoms with Crippen molar-refractivity contribution in [2.24, 2.45) is 0 Å². The summed E-state index contributed by atoms with van der Waals surface area (Å²) in [5.41, 5.74) is 0.791. The highest BCUT2D eigenvalue weighted by molar-refractivity contribution is 9.10. The summed E-state index contributed by atoms with van der Waals surface area (Å²) >= 11 is 3.48. The topological polar surface area (TPSA) is 33.7 Å². The lowest BCUT2D eigenvalue weighted by molar-refractivity contribution is -0.138. The minimum atomic E-state index is -4.17. The first kappa shape index (κ1) is 25.6. The maximum Gasteiger partial charge on any atom is 0.389 e. The van der Waals surface area contributed by atoms with Crippen molar-refractivity contribution in [3.63, 3.8) is 0 Å². The Balaban J connectivity index is 0.00000312. The second kappa shape index (κ2) is 11.4. The Hall–Kier alpha value is -0.410.